The summed E-state index contributed by atoms with van der Waals surface area (Å²) in [6.07, 6.45) is 1.26. The van der Waals surface area contributed by atoms with Gasteiger partial charge in [-0.05, 0) is 37.8 Å². The smallest absolute Gasteiger partial charge is 0.153 e. The molecule has 98 valence electrons. The van der Waals surface area contributed by atoms with E-state index in [-0.39, 0.29) is 6.04 Å². The molecule has 0 saturated carbocycles. The molecule has 1 rings (SSSR count). The maximum atomic E-state index is 11.5. The number of hydrogen-bond acceptors (Lipinski definition) is 4. The van der Waals surface area contributed by atoms with Gasteiger partial charge in [0.25, 0.3) is 0 Å². The molecule has 0 saturated heterocycles. The van der Waals surface area contributed by atoms with Crippen LogP contribution in [-0.2, 0) is 9.84 Å². The van der Waals surface area contributed by atoms with Crippen LogP contribution in [0.4, 0.5) is 0 Å². The van der Waals surface area contributed by atoms with Gasteiger partial charge in [0.1, 0.15) is 0 Å². The molecular formula is C11H18ClNO2S2. The summed E-state index contributed by atoms with van der Waals surface area (Å²) in [7, 11) is -3.06. The number of halogens is 1. The lowest BCUT2D eigenvalue weighted by Gasteiger charge is -2.25. The Kier molecular flexibility index (Phi) is 4.63. The molecule has 1 aromatic rings. The maximum Gasteiger partial charge on any atom is 0.153 e. The fraction of sp³-hybridized carbons (Fsp3) is 0.636. The molecule has 1 aromatic heterocycles. The number of thiophene rings is 1. The summed E-state index contributed by atoms with van der Waals surface area (Å²) in [4.78, 5) is 0. The molecule has 1 heterocycles. The SMILES string of the molecule is CC(NCC(C)(C)S(C)(=O)=O)c1csc(Cl)c1. The van der Waals surface area contributed by atoms with Crippen molar-refractivity contribution < 1.29 is 8.42 Å². The third-order valence-corrected chi connectivity index (χ3v) is 6.19. The Hall–Kier alpha value is -0.100. The lowest BCUT2D eigenvalue weighted by atomic mass is 10.1. The van der Waals surface area contributed by atoms with Crippen LogP contribution in [0.25, 0.3) is 0 Å². The number of sulfone groups is 1. The van der Waals surface area contributed by atoms with Gasteiger partial charge < -0.3 is 5.32 Å². The van der Waals surface area contributed by atoms with E-state index in [9.17, 15) is 8.42 Å². The molecule has 0 radical (unpaired) electrons. The lowest BCUT2D eigenvalue weighted by molar-refractivity contribution is 0.489. The highest BCUT2D eigenvalue weighted by Crippen LogP contribution is 2.25. The summed E-state index contributed by atoms with van der Waals surface area (Å²) < 4.78 is 23.1. The number of rotatable bonds is 5. The average Bonchev–Trinajstić information content (AvgIpc) is 2.59. The highest BCUT2D eigenvalue weighted by atomic mass is 35.5. The van der Waals surface area contributed by atoms with E-state index in [1.165, 1.54) is 17.6 Å². The summed E-state index contributed by atoms with van der Waals surface area (Å²) in [6.45, 7) is 5.86. The van der Waals surface area contributed by atoms with Crippen molar-refractivity contribution in [3.8, 4) is 0 Å². The molecule has 0 bridgehead atoms. The molecule has 0 aromatic carbocycles. The molecule has 1 atom stereocenters. The normalized spacial score (nSPS) is 14.9. The van der Waals surface area contributed by atoms with E-state index in [2.05, 4.69) is 5.32 Å². The van der Waals surface area contributed by atoms with Crippen molar-refractivity contribution in [1.82, 2.24) is 5.32 Å². The molecule has 17 heavy (non-hydrogen) atoms. The lowest BCUT2D eigenvalue weighted by Crippen LogP contribution is -2.42. The minimum atomic E-state index is -3.06. The molecule has 0 aliphatic rings. The van der Waals surface area contributed by atoms with Gasteiger partial charge in [-0.15, -0.1) is 11.3 Å². The Morgan fingerprint density at radius 3 is 2.53 bits per heavy atom. The predicted octanol–water partition coefficient (Wildman–Crippen LogP) is 2.88. The molecule has 1 N–H and O–H groups in total. The Labute approximate surface area is 112 Å². The van der Waals surface area contributed by atoms with Crippen molar-refractivity contribution in [3.63, 3.8) is 0 Å². The molecule has 6 heteroatoms. The second kappa shape index (κ2) is 5.26. The van der Waals surface area contributed by atoms with E-state index < -0.39 is 14.6 Å². The zero-order chi connectivity index (χ0) is 13.3. The van der Waals surface area contributed by atoms with Crippen LogP contribution in [0.1, 0.15) is 32.4 Å². The molecule has 0 spiro atoms. The molecular weight excluding hydrogens is 278 g/mol. The van der Waals surface area contributed by atoms with Gasteiger partial charge in [0.2, 0.25) is 0 Å². The minimum absolute atomic E-state index is 0.0970. The number of nitrogens with one attached hydrogen (secondary N) is 1. The van der Waals surface area contributed by atoms with Gasteiger partial charge >= 0.3 is 0 Å². The van der Waals surface area contributed by atoms with Crippen LogP contribution in [0, 0.1) is 0 Å². The van der Waals surface area contributed by atoms with Crippen LogP contribution < -0.4 is 5.32 Å². The van der Waals surface area contributed by atoms with Crippen LogP contribution in [-0.4, -0.2) is 26.0 Å². The fourth-order valence-corrected chi connectivity index (χ4v) is 2.53. The summed E-state index contributed by atoms with van der Waals surface area (Å²) in [5, 5.41) is 5.21. The standard InChI is InChI=1S/C11H18ClNO2S2/c1-8(9-5-10(12)16-6-9)13-7-11(2,3)17(4,14)15/h5-6,8,13H,7H2,1-4H3. The second-order valence-electron chi connectivity index (χ2n) is 4.82. The Bertz CT molecular complexity index is 479. The van der Waals surface area contributed by atoms with Gasteiger partial charge in [-0.1, -0.05) is 11.6 Å². The van der Waals surface area contributed by atoms with E-state index in [1.807, 2.05) is 18.4 Å². The van der Waals surface area contributed by atoms with E-state index in [1.54, 1.807) is 13.8 Å². The highest BCUT2D eigenvalue weighted by molar-refractivity contribution is 7.92. The zero-order valence-electron chi connectivity index (χ0n) is 10.5. The van der Waals surface area contributed by atoms with Gasteiger partial charge in [-0.25, -0.2) is 8.42 Å². The summed E-state index contributed by atoms with van der Waals surface area (Å²) in [6, 6.07) is 2.00. The molecule has 0 fully saturated rings. The van der Waals surface area contributed by atoms with Gasteiger partial charge in [0, 0.05) is 18.8 Å². The molecule has 0 aliphatic heterocycles. The Balaban J connectivity index is 2.63. The summed E-state index contributed by atoms with van der Waals surface area (Å²) >= 11 is 7.34. The summed E-state index contributed by atoms with van der Waals surface area (Å²) in [5.74, 6) is 0. The number of hydrogen-bond donors (Lipinski definition) is 1. The van der Waals surface area contributed by atoms with E-state index in [0.717, 1.165) is 9.90 Å². The molecule has 1 unspecified atom stereocenters. The Morgan fingerprint density at radius 1 is 1.53 bits per heavy atom. The average molecular weight is 296 g/mol. The van der Waals surface area contributed by atoms with Crippen molar-refractivity contribution in [2.75, 3.05) is 12.8 Å². The Morgan fingerprint density at radius 2 is 2.12 bits per heavy atom. The van der Waals surface area contributed by atoms with Crippen molar-refractivity contribution in [2.24, 2.45) is 0 Å². The highest BCUT2D eigenvalue weighted by Gasteiger charge is 2.30. The first-order chi connectivity index (χ1) is 7.63. The zero-order valence-corrected chi connectivity index (χ0v) is 12.8. The second-order valence-corrected chi connectivity index (χ2v) is 9.01. The van der Waals surface area contributed by atoms with Crippen molar-refractivity contribution in [3.05, 3.63) is 21.3 Å². The van der Waals surface area contributed by atoms with Crippen LogP contribution in [0.15, 0.2) is 11.4 Å². The monoisotopic (exact) mass is 295 g/mol. The van der Waals surface area contributed by atoms with Crippen LogP contribution >= 0.6 is 22.9 Å². The third-order valence-electron chi connectivity index (χ3n) is 2.93. The van der Waals surface area contributed by atoms with E-state index in [0.29, 0.717) is 6.54 Å². The van der Waals surface area contributed by atoms with E-state index in [4.69, 9.17) is 11.6 Å². The van der Waals surface area contributed by atoms with Crippen molar-refractivity contribution in [2.45, 2.75) is 31.6 Å². The van der Waals surface area contributed by atoms with E-state index >= 15 is 0 Å². The quantitative estimate of drug-likeness (QED) is 0.908. The largest absolute Gasteiger partial charge is 0.309 e. The molecule has 3 nitrogen and oxygen atoms in total. The first-order valence-electron chi connectivity index (χ1n) is 5.30. The minimum Gasteiger partial charge on any atom is -0.309 e. The predicted molar refractivity (Wildman–Crippen MR) is 74.7 cm³/mol. The topological polar surface area (TPSA) is 46.2 Å². The molecule has 0 aliphatic carbocycles. The van der Waals surface area contributed by atoms with Crippen LogP contribution in [0.3, 0.4) is 0 Å². The first kappa shape index (κ1) is 15.0. The van der Waals surface area contributed by atoms with Gasteiger partial charge in [0.05, 0.1) is 9.08 Å². The maximum absolute atomic E-state index is 11.5. The van der Waals surface area contributed by atoms with Gasteiger partial charge in [-0.2, -0.15) is 0 Å². The van der Waals surface area contributed by atoms with Crippen molar-refractivity contribution in [1.29, 1.82) is 0 Å². The molecule has 0 amide bonds. The summed E-state index contributed by atoms with van der Waals surface area (Å²) in [5.41, 5.74) is 1.09. The van der Waals surface area contributed by atoms with Gasteiger partial charge in [-0.3, -0.25) is 0 Å². The fourth-order valence-electron chi connectivity index (χ4n) is 1.20. The first-order valence-corrected chi connectivity index (χ1v) is 8.45. The third kappa shape index (κ3) is 3.95. The van der Waals surface area contributed by atoms with Crippen LogP contribution in [0.5, 0.6) is 0 Å². The van der Waals surface area contributed by atoms with Crippen LogP contribution in [0.2, 0.25) is 4.34 Å². The van der Waals surface area contributed by atoms with Crippen molar-refractivity contribution >= 4 is 32.8 Å². The van der Waals surface area contributed by atoms with Gasteiger partial charge in [0.15, 0.2) is 9.84 Å².